The molecule has 0 bridgehead atoms. The van der Waals surface area contributed by atoms with Gasteiger partial charge in [-0.05, 0) is 18.6 Å². The van der Waals surface area contributed by atoms with Gasteiger partial charge in [0.2, 0.25) is 0 Å². The second-order valence-electron chi connectivity index (χ2n) is 4.35. The zero-order valence-electron chi connectivity index (χ0n) is 9.13. The first-order chi connectivity index (χ1) is 7.84. The number of nitrogens with two attached hydrogens (primary N) is 1. The van der Waals surface area contributed by atoms with E-state index >= 15 is 0 Å². The van der Waals surface area contributed by atoms with Crippen LogP contribution in [-0.4, -0.2) is 24.1 Å². The summed E-state index contributed by atoms with van der Waals surface area (Å²) in [5.41, 5.74) is 8.24. The minimum atomic E-state index is 0.305. The van der Waals surface area contributed by atoms with Gasteiger partial charge in [-0.3, -0.25) is 4.98 Å². The van der Waals surface area contributed by atoms with Gasteiger partial charge in [0.05, 0.1) is 11.2 Å². The molecule has 3 rings (SSSR count). The SMILES string of the molecule is NC1CCN(c2cccc3cccnc23)C1. The quantitative estimate of drug-likeness (QED) is 0.785. The highest BCUT2D eigenvalue weighted by molar-refractivity contribution is 5.90. The fraction of sp³-hybridized carbons (Fsp3) is 0.308. The lowest BCUT2D eigenvalue weighted by atomic mass is 10.2. The topological polar surface area (TPSA) is 42.1 Å². The van der Waals surface area contributed by atoms with Gasteiger partial charge in [-0.25, -0.2) is 0 Å². The van der Waals surface area contributed by atoms with Gasteiger partial charge >= 0.3 is 0 Å². The molecule has 0 amide bonds. The van der Waals surface area contributed by atoms with Crippen molar-refractivity contribution in [3.63, 3.8) is 0 Å². The van der Waals surface area contributed by atoms with E-state index in [1.165, 1.54) is 11.1 Å². The molecule has 1 saturated heterocycles. The first kappa shape index (κ1) is 9.60. The van der Waals surface area contributed by atoms with Crippen LogP contribution in [-0.2, 0) is 0 Å². The number of benzene rings is 1. The van der Waals surface area contributed by atoms with Crippen LogP contribution in [0.4, 0.5) is 5.69 Å². The molecule has 0 aliphatic carbocycles. The van der Waals surface area contributed by atoms with Gasteiger partial charge in [-0.2, -0.15) is 0 Å². The molecule has 2 N–H and O–H groups in total. The molecule has 1 aliphatic heterocycles. The second kappa shape index (κ2) is 3.76. The molecule has 1 aromatic carbocycles. The van der Waals surface area contributed by atoms with Crippen LogP contribution in [0.2, 0.25) is 0 Å². The van der Waals surface area contributed by atoms with Gasteiger partial charge in [0.15, 0.2) is 0 Å². The molecule has 2 heterocycles. The van der Waals surface area contributed by atoms with Crippen molar-refractivity contribution in [1.82, 2.24) is 4.98 Å². The smallest absolute Gasteiger partial charge is 0.0935 e. The van der Waals surface area contributed by atoms with Crippen molar-refractivity contribution in [3.8, 4) is 0 Å². The Morgan fingerprint density at radius 1 is 1.25 bits per heavy atom. The molecule has 82 valence electrons. The number of hydrogen-bond donors (Lipinski definition) is 1. The zero-order valence-corrected chi connectivity index (χ0v) is 9.13. The molecular formula is C13H15N3. The summed E-state index contributed by atoms with van der Waals surface area (Å²) in [6, 6.07) is 10.7. The summed E-state index contributed by atoms with van der Waals surface area (Å²) in [5, 5.41) is 1.19. The fourth-order valence-electron chi connectivity index (χ4n) is 2.35. The van der Waals surface area contributed by atoms with Crippen LogP contribution in [0.15, 0.2) is 36.5 Å². The van der Waals surface area contributed by atoms with Crippen molar-refractivity contribution in [2.75, 3.05) is 18.0 Å². The molecule has 1 atom stereocenters. The molecule has 1 fully saturated rings. The lowest BCUT2D eigenvalue weighted by Gasteiger charge is -2.19. The predicted molar refractivity (Wildman–Crippen MR) is 66.5 cm³/mol. The Labute approximate surface area is 94.9 Å². The first-order valence-electron chi connectivity index (χ1n) is 5.69. The van der Waals surface area contributed by atoms with E-state index in [1.54, 1.807) is 0 Å². The highest BCUT2D eigenvalue weighted by Gasteiger charge is 2.20. The minimum absolute atomic E-state index is 0.305. The van der Waals surface area contributed by atoms with Crippen LogP contribution >= 0.6 is 0 Å². The van der Waals surface area contributed by atoms with Crippen LogP contribution in [0.5, 0.6) is 0 Å². The molecule has 3 heteroatoms. The number of anilines is 1. The van der Waals surface area contributed by atoms with E-state index in [4.69, 9.17) is 5.73 Å². The Morgan fingerprint density at radius 3 is 2.94 bits per heavy atom. The average Bonchev–Trinajstić information content (AvgIpc) is 2.75. The second-order valence-corrected chi connectivity index (χ2v) is 4.35. The number of nitrogens with zero attached hydrogens (tertiary/aromatic N) is 2. The van der Waals surface area contributed by atoms with Crippen molar-refractivity contribution >= 4 is 16.6 Å². The van der Waals surface area contributed by atoms with E-state index in [0.717, 1.165) is 25.0 Å². The average molecular weight is 213 g/mol. The summed E-state index contributed by atoms with van der Waals surface area (Å²) < 4.78 is 0. The molecule has 0 radical (unpaired) electrons. The molecule has 3 nitrogen and oxygen atoms in total. The maximum atomic E-state index is 5.94. The highest BCUT2D eigenvalue weighted by atomic mass is 15.2. The predicted octanol–water partition coefficient (Wildman–Crippen LogP) is 1.77. The van der Waals surface area contributed by atoms with Gasteiger partial charge in [-0.15, -0.1) is 0 Å². The molecule has 1 aliphatic rings. The highest BCUT2D eigenvalue weighted by Crippen LogP contribution is 2.27. The summed E-state index contributed by atoms with van der Waals surface area (Å²) in [6.07, 6.45) is 2.92. The van der Waals surface area contributed by atoms with E-state index in [1.807, 2.05) is 12.3 Å². The Balaban J connectivity index is 2.09. The number of rotatable bonds is 1. The van der Waals surface area contributed by atoms with Crippen LogP contribution in [0, 0.1) is 0 Å². The van der Waals surface area contributed by atoms with Crippen LogP contribution in [0.25, 0.3) is 10.9 Å². The van der Waals surface area contributed by atoms with Gasteiger partial charge in [0.25, 0.3) is 0 Å². The van der Waals surface area contributed by atoms with Crippen LogP contribution < -0.4 is 10.6 Å². The summed E-state index contributed by atoms with van der Waals surface area (Å²) >= 11 is 0. The number of hydrogen-bond acceptors (Lipinski definition) is 3. The zero-order chi connectivity index (χ0) is 11.0. The van der Waals surface area contributed by atoms with E-state index in [-0.39, 0.29) is 0 Å². The van der Waals surface area contributed by atoms with E-state index in [0.29, 0.717) is 6.04 Å². The van der Waals surface area contributed by atoms with Gasteiger partial charge in [0.1, 0.15) is 0 Å². The van der Waals surface area contributed by atoms with Crippen molar-refractivity contribution in [1.29, 1.82) is 0 Å². The van der Waals surface area contributed by atoms with Gasteiger partial charge < -0.3 is 10.6 Å². The Morgan fingerprint density at radius 2 is 2.12 bits per heavy atom. The Kier molecular flexibility index (Phi) is 2.26. The summed E-state index contributed by atoms with van der Waals surface area (Å²) in [7, 11) is 0. The maximum Gasteiger partial charge on any atom is 0.0935 e. The maximum absolute atomic E-state index is 5.94. The van der Waals surface area contributed by atoms with Crippen molar-refractivity contribution in [3.05, 3.63) is 36.5 Å². The van der Waals surface area contributed by atoms with E-state index in [9.17, 15) is 0 Å². The minimum Gasteiger partial charge on any atom is -0.368 e. The standard InChI is InChI=1S/C13H15N3/c14-11-6-8-16(9-11)12-5-1-3-10-4-2-7-15-13(10)12/h1-5,7,11H,6,8-9,14H2. The Hall–Kier alpha value is -1.61. The first-order valence-corrected chi connectivity index (χ1v) is 5.69. The third-order valence-corrected chi connectivity index (χ3v) is 3.18. The largest absolute Gasteiger partial charge is 0.368 e. The molecule has 1 unspecified atom stereocenters. The molecule has 1 aromatic heterocycles. The van der Waals surface area contributed by atoms with E-state index in [2.05, 4.69) is 34.1 Å². The third kappa shape index (κ3) is 1.53. The number of para-hydroxylation sites is 1. The Bertz CT molecular complexity index is 504. The van der Waals surface area contributed by atoms with Crippen LogP contribution in [0.1, 0.15) is 6.42 Å². The monoisotopic (exact) mass is 213 g/mol. The molecule has 0 spiro atoms. The normalized spacial score (nSPS) is 20.6. The molecular weight excluding hydrogens is 198 g/mol. The lowest BCUT2D eigenvalue weighted by molar-refractivity contribution is 0.752. The molecule has 0 saturated carbocycles. The third-order valence-electron chi connectivity index (χ3n) is 3.18. The van der Waals surface area contributed by atoms with Crippen molar-refractivity contribution < 1.29 is 0 Å². The summed E-state index contributed by atoms with van der Waals surface area (Å²) in [4.78, 5) is 6.80. The summed E-state index contributed by atoms with van der Waals surface area (Å²) in [5.74, 6) is 0. The fourth-order valence-corrected chi connectivity index (χ4v) is 2.35. The number of aromatic nitrogens is 1. The van der Waals surface area contributed by atoms with E-state index < -0.39 is 0 Å². The van der Waals surface area contributed by atoms with Crippen molar-refractivity contribution in [2.45, 2.75) is 12.5 Å². The summed E-state index contributed by atoms with van der Waals surface area (Å²) in [6.45, 7) is 1.98. The van der Waals surface area contributed by atoms with Crippen molar-refractivity contribution in [2.24, 2.45) is 5.73 Å². The number of pyridine rings is 1. The number of fused-ring (bicyclic) bond motifs is 1. The van der Waals surface area contributed by atoms with Gasteiger partial charge in [0, 0.05) is 30.7 Å². The lowest BCUT2D eigenvalue weighted by Crippen LogP contribution is -2.26. The van der Waals surface area contributed by atoms with Crippen LogP contribution in [0.3, 0.4) is 0 Å². The molecule has 2 aromatic rings. The van der Waals surface area contributed by atoms with Gasteiger partial charge in [-0.1, -0.05) is 18.2 Å². The molecule has 16 heavy (non-hydrogen) atoms.